The number of rotatable bonds is 1. The topological polar surface area (TPSA) is 20.2 Å². The molecule has 0 unspecified atom stereocenters. The molecule has 1 aromatic carbocycles. The van der Waals surface area contributed by atoms with Gasteiger partial charge in [0.05, 0.1) is 0 Å². The van der Waals surface area contributed by atoms with E-state index in [4.69, 9.17) is 0 Å². The van der Waals surface area contributed by atoms with E-state index in [9.17, 15) is 9.50 Å². The molecule has 2 rings (SSSR count). The predicted octanol–water partition coefficient (Wildman–Crippen LogP) is 3.81. The van der Waals surface area contributed by atoms with Gasteiger partial charge in [-0.3, -0.25) is 0 Å². The van der Waals surface area contributed by atoms with Crippen LogP contribution in [-0.4, -0.2) is 5.11 Å². The van der Waals surface area contributed by atoms with Gasteiger partial charge in [0.1, 0.15) is 11.4 Å². The first-order chi connectivity index (χ1) is 6.48. The minimum atomic E-state index is -1.36. The quantitative estimate of drug-likeness (QED) is 0.758. The molecule has 2 aromatic rings. The Labute approximate surface area is 85.8 Å². The summed E-state index contributed by atoms with van der Waals surface area (Å²) in [4.78, 5) is 0. The van der Waals surface area contributed by atoms with Gasteiger partial charge < -0.3 is 5.11 Å². The molecule has 74 valence electrons. The van der Waals surface area contributed by atoms with Crippen molar-refractivity contribution in [3.8, 4) is 5.75 Å². The van der Waals surface area contributed by atoms with E-state index in [1.54, 1.807) is 12.1 Å². The van der Waals surface area contributed by atoms with Crippen molar-refractivity contribution in [3.63, 3.8) is 0 Å². The van der Waals surface area contributed by atoms with Crippen molar-refractivity contribution in [1.82, 2.24) is 0 Å². The molecule has 1 N–H and O–H groups in total. The van der Waals surface area contributed by atoms with E-state index in [1.165, 1.54) is 25.2 Å². The molecule has 1 aromatic heterocycles. The Kier molecular flexibility index (Phi) is 2.00. The van der Waals surface area contributed by atoms with Crippen molar-refractivity contribution in [2.75, 3.05) is 0 Å². The molecule has 0 saturated carbocycles. The summed E-state index contributed by atoms with van der Waals surface area (Å²) in [6.45, 7) is 3.05. The Morgan fingerprint density at radius 3 is 2.71 bits per heavy atom. The van der Waals surface area contributed by atoms with Crippen LogP contribution < -0.4 is 0 Å². The van der Waals surface area contributed by atoms with Crippen molar-refractivity contribution in [2.24, 2.45) is 0 Å². The molecule has 0 spiro atoms. The largest absolute Gasteiger partial charge is 0.508 e. The molecule has 0 aliphatic carbocycles. The van der Waals surface area contributed by atoms with Crippen LogP contribution in [0.4, 0.5) is 4.39 Å². The zero-order chi connectivity index (χ0) is 10.3. The lowest BCUT2D eigenvalue weighted by atomic mass is 10.00. The molecule has 0 atom stereocenters. The van der Waals surface area contributed by atoms with Crippen LogP contribution >= 0.6 is 11.3 Å². The van der Waals surface area contributed by atoms with Gasteiger partial charge in [0.2, 0.25) is 0 Å². The minimum Gasteiger partial charge on any atom is -0.508 e. The number of alkyl halides is 1. The Bertz CT molecular complexity index is 468. The summed E-state index contributed by atoms with van der Waals surface area (Å²) in [5.41, 5.74) is -0.708. The normalized spacial score (nSPS) is 12.2. The molecule has 1 heterocycles. The molecule has 0 bridgehead atoms. The number of hydrogen-bond acceptors (Lipinski definition) is 2. The fourth-order valence-corrected chi connectivity index (χ4v) is 2.57. The molecule has 0 amide bonds. The van der Waals surface area contributed by atoms with E-state index in [-0.39, 0.29) is 5.75 Å². The first-order valence-corrected chi connectivity index (χ1v) is 5.26. The van der Waals surface area contributed by atoms with Crippen LogP contribution in [0.15, 0.2) is 23.6 Å². The van der Waals surface area contributed by atoms with Gasteiger partial charge in [0.15, 0.2) is 0 Å². The van der Waals surface area contributed by atoms with E-state index in [1.807, 2.05) is 11.4 Å². The van der Waals surface area contributed by atoms with E-state index in [0.29, 0.717) is 5.56 Å². The molecule has 0 radical (unpaired) electrons. The zero-order valence-corrected chi connectivity index (χ0v) is 8.86. The molecule has 14 heavy (non-hydrogen) atoms. The number of phenolic OH excluding ortho intramolecular Hbond substituents is 1. The molecular formula is C11H11FOS. The van der Waals surface area contributed by atoms with Gasteiger partial charge >= 0.3 is 0 Å². The summed E-state index contributed by atoms with van der Waals surface area (Å²) >= 11 is 1.50. The number of hydrogen-bond donors (Lipinski definition) is 1. The van der Waals surface area contributed by atoms with Crippen LogP contribution in [0.25, 0.3) is 10.1 Å². The summed E-state index contributed by atoms with van der Waals surface area (Å²) in [6.07, 6.45) is 0. The van der Waals surface area contributed by atoms with E-state index in [2.05, 4.69) is 0 Å². The number of halogens is 1. The average molecular weight is 210 g/mol. The van der Waals surface area contributed by atoms with E-state index < -0.39 is 5.67 Å². The minimum absolute atomic E-state index is 0.182. The van der Waals surface area contributed by atoms with Crippen LogP contribution in [0.1, 0.15) is 19.4 Å². The van der Waals surface area contributed by atoms with Gasteiger partial charge in [-0.2, -0.15) is 0 Å². The van der Waals surface area contributed by atoms with Crippen LogP contribution in [-0.2, 0) is 5.67 Å². The maximum absolute atomic E-state index is 13.7. The maximum atomic E-state index is 13.7. The van der Waals surface area contributed by atoms with Crippen molar-refractivity contribution in [2.45, 2.75) is 19.5 Å². The SMILES string of the molecule is CC(C)(F)c1csc2ccc(O)cc12. The fourth-order valence-electron chi connectivity index (χ4n) is 1.48. The van der Waals surface area contributed by atoms with E-state index >= 15 is 0 Å². The number of fused-ring (bicyclic) bond motifs is 1. The van der Waals surface area contributed by atoms with Crippen molar-refractivity contribution in [1.29, 1.82) is 0 Å². The third-order valence-corrected chi connectivity index (χ3v) is 3.16. The lowest BCUT2D eigenvalue weighted by molar-refractivity contribution is 0.224. The Morgan fingerprint density at radius 2 is 2.07 bits per heavy atom. The van der Waals surface area contributed by atoms with Crippen molar-refractivity contribution in [3.05, 3.63) is 29.1 Å². The van der Waals surface area contributed by atoms with Crippen LogP contribution in [0.2, 0.25) is 0 Å². The third kappa shape index (κ3) is 1.48. The highest BCUT2D eigenvalue weighted by molar-refractivity contribution is 7.17. The molecule has 0 aliphatic rings. The van der Waals surface area contributed by atoms with Gasteiger partial charge in [0.25, 0.3) is 0 Å². The maximum Gasteiger partial charge on any atom is 0.131 e. The second-order valence-electron chi connectivity index (χ2n) is 3.80. The lowest BCUT2D eigenvalue weighted by Crippen LogP contribution is -2.07. The standard InChI is InChI=1S/C11H11FOS/c1-11(2,12)9-6-14-10-4-3-7(13)5-8(9)10/h3-6,13H,1-2H3. The van der Waals surface area contributed by atoms with Crippen LogP contribution in [0, 0.1) is 0 Å². The number of benzene rings is 1. The Balaban J connectivity index is 2.73. The van der Waals surface area contributed by atoms with Crippen LogP contribution in [0.3, 0.4) is 0 Å². The first kappa shape index (κ1) is 9.46. The van der Waals surface area contributed by atoms with Gasteiger partial charge in [-0.15, -0.1) is 11.3 Å². The average Bonchev–Trinajstić information content (AvgIpc) is 2.45. The Hall–Kier alpha value is -1.09. The number of thiophene rings is 1. The summed E-state index contributed by atoms with van der Waals surface area (Å²) < 4.78 is 14.7. The molecule has 0 fully saturated rings. The molecule has 3 heteroatoms. The highest BCUT2D eigenvalue weighted by atomic mass is 32.1. The predicted molar refractivity (Wildman–Crippen MR) is 57.6 cm³/mol. The molecular weight excluding hydrogens is 199 g/mol. The monoisotopic (exact) mass is 210 g/mol. The summed E-state index contributed by atoms with van der Waals surface area (Å²) in [7, 11) is 0. The van der Waals surface area contributed by atoms with Gasteiger partial charge in [-0.25, -0.2) is 4.39 Å². The molecule has 1 nitrogen and oxygen atoms in total. The molecule has 0 aliphatic heterocycles. The number of aromatic hydroxyl groups is 1. The summed E-state index contributed by atoms with van der Waals surface area (Å²) in [5, 5.41) is 11.9. The summed E-state index contributed by atoms with van der Waals surface area (Å²) in [6, 6.07) is 5.04. The van der Waals surface area contributed by atoms with Gasteiger partial charge in [0, 0.05) is 15.6 Å². The van der Waals surface area contributed by atoms with Crippen molar-refractivity contribution < 1.29 is 9.50 Å². The summed E-state index contributed by atoms with van der Waals surface area (Å²) in [5.74, 6) is 0.182. The highest BCUT2D eigenvalue weighted by Crippen LogP contribution is 2.37. The molecule has 0 saturated heterocycles. The highest BCUT2D eigenvalue weighted by Gasteiger charge is 2.22. The number of phenols is 1. The third-order valence-electron chi connectivity index (χ3n) is 2.20. The second-order valence-corrected chi connectivity index (χ2v) is 4.71. The van der Waals surface area contributed by atoms with Crippen molar-refractivity contribution >= 4 is 21.4 Å². The van der Waals surface area contributed by atoms with Gasteiger partial charge in [-0.05, 0) is 37.4 Å². The lowest BCUT2D eigenvalue weighted by Gasteiger charge is -2.12. The van der Waals surface area contributed by atoms with Gasteiger partial charge in [-0.1, -0.05) is 0 Å². The zero-order valence-electron chi connectivity index (χ0n) is 8.04. The van der Waals surface area contributed by atoms with E-state index in [0.717, 1.165) is 10.1 Å². The fraction of sp³-hybridized carbons (Fsp3) is 0.273. The smallest absolute Gasteiger partial charge is 0.131 e. The van der Waals surface area contributed by atoms with Crippen LogP contribution in [0.5, 0.6) is 5.75 Å². The second kappa shape index (κ2) is 2.95. The first-order valence-electron chi connectivity index (χ1n) is 4.38. The Morgan fingerprint density at radius 1 is 1.36 bits per heavy atom.